The van der Waals surface area contributed by atoms with E-state index in [1.165, 1.54) is 0 Å². The Hall–Kier alpha value is -1.95. The summed E-state index contributed by atoms with van der Waals surface area (Å²) >= 11 is 5.84. The third-order valence-corrected chi connectivity index (χ3v) is 3.16. The number of nitrogens with zero attached hydrogens (tertiary/aromatic N) is 6. The fourth-order valence-electron chi connectivity index (χ4n) is 2.11. The second-order valence-corrected chi connectivity index (χ2v) is 4.53. The van der Waals surface area contributed by atoms with Crippen LogP contribution in [0.1, 0.15) is 5.82 Å². The number of aromatic nitrogens is 6. The van der Waals surface area contributed by atoms with Crippen LogP contribution < -0.4 is 0 Å². The minimum Gasteiger partial charge on any atom is -0.326 e. The van der Waals surface area contributed by atoms with Crippen LogP contribution in [0.25, 0.3) is 11.0 Å². The fraction of sp³-hybridized carbons (Fsp3) is 0.333. The second kappa shape index (κ2) is 5.36. The molecule has 7 heteroatoms. The standard InChI is InChI=1S/C12H13ClN6/c13-3-1-12-16-10-9-14-4-2-11(10)19(12)8-7-18-6-5-15-17-18/h2,4-6,9H,1,3,7-8H2. The smallest absolute Gasteiger partial charge is 0.111 e. The number of aryl methyl sites for hydroxylation is 3. The molecule has 0 unspecified atom stereocenters. The van der Waals surface area contributed by atoms with Gasteiger partial charge >= 0.3 is 0 Å². The van der Waals surface area contributed by atoms with E-state index in [1.54, 1.807) is 23.3 Å². The molecule has 0 fully saturated rings. The first kappa shape index (κ1) is 12.1. The SMILES string of the molecule is ClCCc1nc2cnccc2n1CCn1ccnn1. The number of hydrogen-bond donors (Lipinski definition) is 0. The number of alkyl halides is 1. The molecule has 3 aromatic heterocycles. The number of rotatable bonds is 5. The first-order valence-corrected chi connectivity index (χ1v) is 6.61. The van der Waals surface area contributed by atoms with Gasteiger partial charge in [-0.15, -0.1) is 16.7 Å². The largest absolute Gasteiger partial charge is 0.326 e. The van der Waals surface area contributed by atoms with Crippen LogP contribution in [0.15, 0.2) is 30.9 Å². The van der Waals surface area contributed by atoms with Gasteiger partial charge in [-0.3, -0.25) is 9.67 Å². The zero-order chi connectivity index (χ0) is 13.1. The highest BCUT2D eigenvalue weighted by atomic mass is 35.5. The highest BCUT2D eigenvalue weighted by Gasteiger charge is 2.10. The van der Waals surface area contributed by atoms with Gasteiger partial charge in [0, 0.05) is 31.2 Å². The van der Waals surface area contributed by atoms with Crippen LogP contribution in [0.3, 0.4) is 0 Å². The van der Waals surface area contributed by atoms with Crippen LogP contribution in [-0.4, -0.2) is 35.4 Å². The minimum atomic E-state index is 0.556. The molecule has 3 heterocycles. The van der Waals surface area contributed by atoms with Crippen LogP contribution >= 0.6 is 11.6 Å². The van der Waals surface area contributed by atoms with Crippen molar-refractivity contribution < 1.29 is 0 Å². The van der Waals surface area contributed by atoms with Crippen molar-refractivity contribution in [2.75, 3.05) is 5.88 Å². The van der Waals surface area contributed by atoms with E-state index in [-0.39, 0.29) is 0 Å². The van der Waals surface area contributed by atoms with E-state index in [2.05, 4.69) is 24.8 Å². The topological polar surface area (TPSA) is 61.4 Å². The molecule has 0 aliphatic carbocycles. The van der Waals surface area contributed by atoms with E-state index >= 15 is 0 Å². The maximum absolute atomic E-state index is 5.84. The number of fused-ring (bicyclic) bond motifs is 1. The average Bonchev–Trinajstić information content (AvgIpc) is 3.04. The van der Waals surface area contributed by atoms with Crippen LogP contribution in [0, 0.1) is 0 Å². The van der Waals surface area contributed by atoms with Crippen molar-refractivity contribution in [2.45, 2.75) is 19.5 Å². The predicted octanol–water partition coefficient (Wildman–Crippen LogP) is 1.50. The molecule has 0 amide bonds. The third kappa shape index (κ3) is 2.44. The zero-order valence-corrected chi connectivity index (χ0v) is 11.0. The Labute approximate surface area is 115 Å². The number of imidazole rings is 1. The van der Waals surface area contributed by atoms with Crippen LogP contribution in [0.2, 0.25) is 0 Å². The zero-order valence-electron chi connectivity index (χ0n) is 10.3. The minimum absolute atomic E-state index is 0.556. The summed E-state index contributed by atoms with van der Waals surface area (Å²) in [6.07, 6.45) is 7.82. The quantitative estimate of drug-likeness (QED) is 0.663. The van der Waals surface area contributed by atoms with Crippen LogP contribution in [0.4, 0.5) is 0 Å². The molecule has 6 nitrogen and oxygen atoms in total. The maximum atomic E-state index is 5.84. The average molecular weight is 277 g/mol. The van der Waals surface area contributed by atoms with Crippen molar-refractivity contribution in [3.8, 4) is 0 Å². The molecular formula is C12H13ClN6. The van der Waals surface area contributed by atoms with Crippen molar-refractivity contribution in [3.63, 3.8) is 0 Å². The van der Waals surface area contributed by atoms with E-state index in [4.69, 9.17) is 11.6 Å². The Balaban J connectivity index is 1.92. The van der Waals surface area contributed by atoms with Crippen molar-refractivity contribution in [1.29, 1.82) is 0 Å². The lowest BCUT2D eigenvalue weighted by Crippen LogP contribution is -2.11. The van der Waals surface area contributed by atoms with Crippen molar-refractivity contribution in [2.24, 2.45) is 0 Å². The highest BCUT2D eigenvalue weighted by molar-refractivity contribution is 6.17. The van der Waals surface area contributed by atoms with E-state index in [0.717, 1.165) is 36.4 Å². The lowest BCUT2D eigenvalue weighted by molar-refractivity contribution is 0.516. The Morgan fingerprint density at radius 1 is 1.21 bits per heavy atom. The maximum Gasteiger partial charge on any atom is 0.111 e. The van der Waals surface area contributed by atoms with Gasteiger partial charge in [-0.25, -0.2) is 4.98 Å². The molecule has 0 aliphatic heterocycles. The van der Waals surface area contributed by atoms with E-state index in [1.807, 2.05) is 12.3 Å². The summed E-state index contributed by atoms with van der Waals surface area (Å²) in [5.74, 6) is 1.54. The van der Waals surface area contributed by atoms with Gasteiger partial charge in [0.25, 0.3) is 0 Å². The van der Waals surface area contributed by atoms with Crippen LogP contribution in [0.5, 0.6) is 0 Å². The summed E-state index contributed by atoms with van der Waals surface area (Å²) < 4.78 is 3.97. The number of halogens is 1. The van der Waals surface area contributed by atoms with E-state index in [0.29, 0.717) is 5.88 Å². The Morgan fingerprint density at radius 3 is 2.95 bits per heavy atom. The van der Waals surface area contributed by atoms with E-state index < -0.39 is 0 Å². The molecule has 19 heavy (non-hydrogen) atoms. The second-order valence-electron chi connectivity index (χ2n) is 4.15. The Morgan fingerprint density at radius 2 is 2.16 bits per heavy atom. The van der Waals surface area contributed by atoms with Gasteiger partial charge in [0.1, 0.15) is 11.3 Å². The van der Waals surface area contributed by atoms with Gasteiger partial charge in [-0.2, -0.15) is 0 Å². The number of pyridine rings is 1. The lowest BCUT2D eigenvalue weighted by Gasteiger charge is -2.08. The first-order chi connectivity index (χ1) is 9.38. The Kier molecular flexibility index (Phi) is 3.41. The summed E-state index contributed by atoms with van der Waals surface area (Å²) in [7, 11) is 0. The molecule has 0 aliphatic rings. The fourth-order valence-corrected chi connectivity index (χ4v) is 2.28. The molecule has 3 rings (SSSR count). The molecule has 0 bridgehead atoms. The first-order valence-electron chi connectivity index (χ1n) is 6.07. The molecular weight excluding hydrogens is 264 g/mol. The summed E-state index contributed by atoms with van der Waals surface area (Å²) in [5.41, 5.74) is 1.98. The summed E-state index contributed by atoms with van der Waals surface area (Å²) in [4.78, 5) is 8.67. The monoisotopic (exact) mass is 276 g/mol. The summed E-state index contributed by atoms with van der Waals surface area (Å²) in [6.45, 7) is 1.54. The van der Waals surface area contributed by atoms with Gasteiger partial charge in [0.15, 0.2) is 0 Å². The third-order valence-electron chi connectivity index (χ3n) is 2.97. The van der Waals surface area contributed by atoms with Gasteiger partial charge in [-0.05, 0) is 6.07 Å². The number of hydrogen-bond acceptors (Lipinski definition) is 4. The summed E-state index contributed by atoms with van der Waals surface area (Å²) in [5, 5.41) is 7.77. The molecule has 0 aromatic carbocycles. The molecule has 98 valence electrons. The van der Waals surface area contributed by atoms with Gasteiger partial charge < -0.3 is 4.57 Å². The lowest BCUT2D eigenvalue weighted by atomic mass is 10.4. The predicted molar refractivity (Wildman–Crippen MR) is 72.0 cm³/mol. The highest BCUT2D eigenvalue weighted by Crippen LogP contribution is 2.15. The molecule has 0 N–H and O–H groups in total. The molecule has 0 atom stereocenters. The van der Waals surface area contributed by atoms with Crippen molar-refractivity contribution in [1.82, 2.24) is 29.5 Å². The Bertz CT molecular complexity index is 660. The summed E-state index contributed by atoms with van der Waals surface area (Å²) in [6, 6.07) is 1.97. The van der Waals surface area contributed by atoms with E-state index in [9.17, 15) is 0 Å². The molecule has 3 aromatic rings. The normalized spacial score (nSPS) is 11.2. The molecule has 0 radical (unpaired) electrons. The van der Waals surface area contributed by atoms with Crippen molar-refractivity contribution >= 4 is 22.6 Å². The molecule has 0 saturated carbocycles. The van der Waals surface area contributed by atoms with Crippen LogP contribution in [-0.2, 0) is 19.5 Å². The molecule has 0 spiro atoms. The van der Waals surface area contributed by atoms with Gasteiger partial charge in [0.2, 0.25) is 0 Å². The van der Waals surface area contributed by atoms with Gasteiger partial charge in [-0.1, -0.05) is 5.21 Å². The van der Waals surface area contributed by atoms with Gasteiger partial charge in [0.05, 0.1) is 24.5 Å². The van der Waals surface area contributed by atoms with Crippen molar-refractivity contribution in [3.05, 3.63) is 36.7 Å². The molecule has 0 saturated heterocycles.